The summed E-state index contributed by atoms with van der Waals surface area (Å²) in [5.41, 5.74) is 1.33. The molecule has 1 saturated heterocycles. The lowest BCUT2D eigenvalue weighted by atomic mass is 10.2. The van der Waals surface area contributed by atoms with Gasteiger partial charge in [-0.2, -0.15) is 4.98 Å². The fourth-order valence-electron chi connectivity index (χ4n) is 3.06. The van der Waals surface area contributed by atoms with E-state index in [1.54, 1.807) is 0 Å². The van der Waals surface area contributed by atoms with Crippen LogP contribution in [0, 0.1) is 0 Å². The molecular weight excluding hydrogens is 314 g/mol. The molecular formula is C19H29N5O. The topological polar surface area (TPSA) is 48.6 Å². The van der Waals surface area contributed by atoms with Gasteiger partial charge in [0.2, 0.25) is 5.89 Å². The van der Waals surface area contributed by atoms with Crippen LogP contribution in [0.25, 0.3) is 0 Å². The molecule has 1 aliphatic rings. The van der Waals surface area contributed by atoms with Crippen LogP contribution in [0.5, 0.6) is 0 Å². The summed E-state index contributed by atoms with van der Waals surface area (Å²) >= 11 is 0. The number of anilines is 1. The number of likely N-dealkylation sites (N-methyl/N-ethyl adjacent to an activating group) is 1. The van der Waals surface area contributed by atoms with Gasteiger partial charge in [-0.05, 0) is 19.2 Å². The predicted molar refractivity (Wildman–Crippen MR) is 99.8 cm³/mol. The SMILES string of the molecule is CC(C)c1noc(CN(C)CCN2CCN(c3ccccc3)CC2)n1. The number of piperazine rings is 1. The van der Waals surface area contributed by atoms with E-state index in [4.69, 9.17) is 4.52 Å². The van der Waals surface area contributed by atoms with E-state index in [0.29, 0.717) is 18.4 Å². The summed E-state index contributed by atoms with van der Waals surface area (Å²) in [5.74, 6) is 1.81. The molecule has 1 fully saturated rings. The molecule has 0 N–H and O–H groups in total. The first kappa shape index (κ1) is 17.9. The van der Waals surface area contributed by atoms with Crippen LogP contribution in [0.3, 0.4) is 0 Å². The maximum atomic E-state index is 5.33. The predicted octanol–water partition coefficient (Wildman–Crippen LogP) is 2.45. The highest BCUT2D eigenvalue weighted by Gasteiger charge is 2.18. The average molecular weight is 343 g/mol. The van der Waals surface area contributed by atoms with Gasteiger partial charge in [0.05, 0.1) is 6.54 Å². The first-order valence-electron chi connectivity index (χ1n) is 9.15. The smallest absolute Gasteiger partial charge is 0.240 e. The van der Waals surface area contributed by atoms with Crippen LogP contribution in [-0.2, 0) is 6.54 Å². The summed E-state index contributed by atoms with van der Waals surface area (Å²) in [5, 5.41) is 4.03. The molecule has 0 spiro atoms. The van der Waals surface area contributed by atoms with Gasteiger partial charge in [0, 0.05) is 50.9 Å². The summed E-state index contributed by atoms with van der Waals surface area (Å²) in [6, 6.07) is 10.7. The Kier molecular flexibility index (Phi) is 6.04. The van der Waals surface area contributed by atoms with Crippen molar-refractivity contribution in [2.45, 2.75) is 26.3 Å². The van der Waals surface area contributed by atoms with Crippen molar-refractivity contribution < 1.29 is 4.52 Å². The fourth-order valence-corrected chi connectivity index (χ4v) is 3.06. The van der Waals surface area contributed by atoms with Crippen LogP contribution in [0.2, 0.25) is 0 Å². The van der Waals surface area contributed by atoms with Crippen LogP contribution < -0.4 is 4.90 Å². The molecule has 0 amide bonds. The highest BCUT2D eigenvalue weighted by atomic mass is 16.5. The molecule has 0 unspecified atom stereocenters. The first-order valence-corrected chi connectivity index (χ1v) is 9.15. The Labute approximate surface area is 150 Å². The molecule has 2 heterocycles. The van der Waals surface area contributed by atoms with E-state index >= 15 is 0 Å². The number of hydrogen-bond donors (Lipinski definition) is 0. The normalized spacial score (nSPS) is 16.1. The third-order valence-corrected chi connectivity index (χ3v) is 4.70. The second kappa shape index (κ2) is 8.45. The third-order valence-electron chi connectivity index (χ3n) is 4.70. The van der Waals surface area contributed by atoms with E-state index in [1.165, 1.54) is 5.69 Å². The molecule has 136 valence electrons. The molecule has 0 saturated carbocycles. The average Bonchev–Trinajstić information content (AvgIpc) is 3.10. The minimum Gasteiger partial charge on any atom is -0.369 e. The van der Waals surface area contributed by atoms with Crippen molar-refractivity contribution in [3.8, 4) is 0 Å². The minimum atomic E-state index is 0.309. The Morgan fingerprint density at radius 3 is 2.48 bits per heavy atom. The van der Waals surface area contributed by atoms with Crippen molar-refractivity contribution >= 4 is 5.69 Å². The Hall–Kier alpha value is -1.92. The van der Waals surface area contributed by atoms with Gasteiger partial charge in [-0.1, -0.05) is 37.2 Å². The van der Waals surface area contributed by atoms with E-state index in [2.05, 4.69) is 76.1 Å². The second-order valence-electron chi connectivity index (χ2n) is 7.10. The van der Waals surface area contributed by atoms with Crippen molar-refractivity contribution in [2.24, 2.45) is 0 Å². The number of para-hydroxylation sites is 1. The highest BCUT2D eigenvalue weighted by molar-refractivity contribution is 5.46. The summed E-state index contributed by atoms with van der Waals surface area (Å²) in [6.45, 7) is 11.4. The Morgan fingerprint density at radius 2 is 1.84 bits per heavy atom. The number of aromatic nitrogens is 2. The summed E-state index contributed by atoms with van der Waals surface area (Å²) in [4.78, 5) is 11.7. The minimum absolute atomic E-state index is 0.309. The lowest BCUT2D eigenvalue weighted by molar-refractivity contribution is 0.200. The van der Waals surface area contributed by atoms with E-state index in [9.17, 15) is 0 Å². The van der Waals surface area contributed by atoms with Gasteiger partial charge in [-0.25, -0.2) is 0 Å². The zero-order valence-electron chi connectivity index (χ0n) is 15.6. The molecule has 0 aliphatic carbocycles. The summed E-state index contributed by atoms with van der Waals surface area (Å²) < 4.78 is 5.33. The van der Waals surface area contributed by atoms with E-state index in [1.807, 2.05) is 0 Å². The molecule has 1 aromatic carbocycles. The largest absolute Gasteiger partial charge is 0.369 e. The maximum Gasteiger partial charge on any atom is 0.240 e. The Balaban J connectivity index is 1.39. The summed E-state index contributed by atoms with van der Waals surface area (Å²) in [7, 11) is 2.11. The van der Waals surface area contributed by atoms with E-state index in [0.717, 1.165) is 45.1 Å². The number of benzene rings is 1. The number of hydrogen-bond acceptors (Lipinski definition) is 6. The molecule has 0 atom stereocenters. The molecule has 25 heavy (non-hydrogen) atoms. The second-order valence-corrected chi connectivity index (χ2v) is 7.10. The van der Waals surface area contributed by atoms with Crippen LogP contribution in [-0.4, -0.2) is 66.3 Å². The van der Waals surface area contributed by atoms with E-state index in [-0.39, 0.29) is 0 Å². The lowest BCUT2D eigenvalue weighted by Gasteiger charge is -2.36. The Bertz CT molecular complexity index is 634. The fraction of sp³-hybridized carbons (Fsp3) is 0.579. The molecule has 2 aromatic rings. The zero-order valence-corrected chi connectivity index (χ0v) is 15.6. The van der Waals surface area contributed by atoms with Gasteiger partial charge in [0.25, 0.3) is 0 Å². The van der Waals surface area contributed by atoms with Gasteiger partial charge in [-0.3, -0.25) is 9.80 Å². The molecule has 6 heteroatoms. The monoisotopic (exact) mass is 343 g/mol. The van der Waals surface area contributed by atoms with Gasteiger partial charge in [-0.15, -0.1) is 0 Å². The van der Waals surface area contributed by atoms with E-state index < -0.39 is 0 Å². The maximum absolute atomic E-state index is 5.33. The molecule has 0 bridgehead atoms. The van der Waals surface area contributed by atoms with Crippen LogP contribution in [0.1, 0.15) is 31.5 Å². The molecule has 6 nitrogen and oxygen atoms in total. The summed E-state index contributed by atoms with van der Waals surface area (Å²) in [6.07, 6.45) is 0. The van der Waals surface area contributed by atoms with Gasteiger partial charge in [0.15, 0.2) is 5.82 Å². The van der Waals surface area contributed by atoms with Crippen LogP contribution in [0.15, 0.2) is 34.9 Å². The number of nitrogens with zero attached hydrogens (tertiary/aromatic N) is 5. The van der Waals surface area contributed by atoms with Crippen molar-refractivity contribution in [1.82, 2.24) is 19.9 Å². The quantitative estimate of drug-likeness (QED) is 0.770. The third kappa shape index (κ3) is 5.03. The van der Waals surface area contributed by atoms with Gasteiger partial charge >= 0.3 is 0 Å². The number of rotatable bonds is 7. The van der Waals surface area contributed by atoms with Crippen molar-refractivity contribution in [2.75, 3.05) is 51.2 Å². The standard InChI is InChI=1S/C19H29N5O/c1-16(2)19-20-18(25-21-19)15-22(3)9-10-23-11-13-24(14-12-23)17-7-5-4-6-8-17/h4-8,16H,9-15H2,1-3H3. The van der Waals surface area contributed by atoms with Crippen LogP contribution in [0.4, 0.5) is 5.69 Å². The van der Waals surface area contributed by atoms with Crippen LogP contribution >= 0.6 is 0 Å². The van der Waals surface area contributed by atoms with Gasteiger partial charge in [0.1, 0.15) is 0 Å². The molecule has 1 aliphatic heterocycles. The lowest BCUT2D eigenvalue weighted by Crippen LogP contribution is -2.48. The van der Waals surface area contributed by atoms with Crippen molar-refractivity contribution in [3.05, 3.63) is 42.0 Å². The Morgan fingerprint density at radius 1 is 1.12 bits per heavy atom. The van der Waals surface area contributed by atoms with Crippen molar-refractivity contribution in [3.63, 3.8) is 0 Å². The zero-order chi connectivity index (χ0) is 17.6. The molecule has 3 rings (SSSR count). The first-order chi connectivity index (χ1) is 12.1. The highest BCUT2D eigenvalue weighted by Crippen LogP contribution is 2.15. The molecule has 1 aromatic heterocycles. The molecule has 0 radical (unpaired) electrons. The van der Waals surface area contributed by atoms with Gasteiger partial charge < -0.3 is 9.42 Å². The van der Waals surface area contributed by atoms with Crippen molar-refractivity contribution in [1.29, 1.82) is 0 Å².